The number of imidazole rings is 1. The van der Waals surface area contributed by atoms with Crippen LogP contribution in [0.5, 0.6) is 0 Å². The summed E-state index contributed by atoms with van der Waals surface area (Å²) in [6.07, 6.45) is 0.258. The van der Waals surface area contributed by atoms with Crippen molar-refractivity contribution in [3.05, 3.63) is 76.0 Å². The predicted molar refractivity (Wildman–Crippen MR) is 115 cm³/mol. The number of hydrogen-bond acceptors (Lipinski definition) is 5. The number of fused-ring (bicyclic) bond motifs is 1. The lowest BCUT2D eigenvalue weighted by atomic mass is 10.2. The van der Waals surface area contributed by atoms with Gasteiger partial charge in [-0.1, -0.05) is 47.6 Å². The smallest absolute Gasteiger partial charge is 0.226 e. The van der Waals surface area contributed by atoms with Gasteiger partial charge in [0.2, 0.25) is 5.91 Å². The lowest BCUT2D eigenvalue weighted by molar-refractivity contribution is -0.120. The minimum Gasteiger partial charge on any atom is -0.349 e. The maximum atomic E-state index is 12.2. The quantitative estimate of drug-likeness (QED) is 0.414. The third-order valence-corrected chi connectivity index (χ3v) is 6.39. The highest BCUT2D eigenvalue weighted by Crippen LogP contribution is 2.27. The molecule has 0 radical (unpaired) electrons. The third-order valence-electron chi connectivity index (χ3n) is 4.02. The second kappa shape index (κ2) is 8.77. The Morgan fingerprint density at radius 3 is 2.93 bits per heavy atom. The standard InChI is InChI=1S/C20H17ClN4OS2/c21-14-5-3-4-13(8-14)11-27-20-23-15(12-28-20)9-19(26)22-10-18-24-16-6-1-2-7-17(16)25-18/h1-8,12H,9-11H2,(H,22,26)(H,24,25). The van der Waals surface area contributed by atoms with Crippen molar-refractivity contribution in [1.82, 2.24) is 20.3 Å². The van der Waals surface area contributed by atoms with Gasteiger partial charge in [0, 0.05) is 16.2 Å². The summed E-state index contributed by atoms with van der Waals surface area (Å²) in [5.74, 6) is 1.47. The first-order chi connectivity index (χ1) is 13.7. The van der Waals surface area contributed by atoms with Gasteiger partial charge in [0.25, 0.3) is 0 Å². The van der Waals surface area contributed by atoms with Crippen LogP contribution in [-0.4, -0.2) is 20.9 Å². The Morgan fingerprint density at radius 2 is 2.07 bits per heavy atom. The second-order valence-corrected chi connectivity index (χ2v) is 8.69. The molecule has 0 aliphatic heterocycles. The summed E-state index contributed by atoms with van der Waals surface area (Å²) in [6, 6.07) is 15.6. The zero-order valence-electron chi connectivity index (χ0n) is 14.8. The summed E-state index contributed by atoms with van der Waals surface area (Å²) < 4.78 is 0.944. The third kappa shape index (κ3) is 4.92. The highest BCUT2D eigenvalue weighted by Gasteiger charge is 2.10. The number of rotatable bonds is 7. The molecule has 5 nitrogen and oxygen atoms in total. The first-order valence-corrected chi connectivity index (χ1v) is 10.9. The summed E-state index contributed by atoms with van der Waals surface area (Å²) in [5.41, 5.74) is 3.79. The molecule has 2 heterocycles. The number of amides is 1. The first kappa shape index (κ1) is 19.0. The van der Waals surface area contributed by atoms with E-state index in [1.165, 1.54) is 0 Å². The minimum atomic E-state index is -0.0721. The molecule has 0 atom stereocenters. The topological polar surface area (TPSA) is 70.7 Å². The Hall–Kier alpha value is -2.35. The minimum absolute atomic E-state index is 0.0721. The summed E-state index contributed by atoms with van der Waals surface area (Å²) in [6.45, 7) is 0.369. The summed E-state index contributed by atoms with van der Waals surface area (Å²) in [4.78, 5) is 24.4. The van der Waals surface area contributed by atoms with E-state index in [1.807, 2.05) is 53.9 Å². The number of carbonyl (C=O) groups is 1. The number of benzene rings is 2. The van der Waals surface area contributed by atoms with Crippen LogP contribution in [0.1, 0.15) is 17.1 Å². The van der Waals surface area contributed by atoms with Gasteiger partial charge in [0.1, 0.15) is 10.2 Å². The highest BCUT2D eigenvalue weighted by atomic mass is 35.5. The molecule has 0 fully saturated rings. The number of H-pyrrole nitrogens is 1. The summed E-state index contributed by atoms with van der Waals surface area (Å²) in [5, 5.41) is 5.56. The molecule has 0 aliphatic rings. The van der Waals surface area contributed by atoms with Crippen molar-refractivity contribution in [2.45, 2.75) is 23.1 Å². The molecule has 0 aliphatic carbocycles. The Labute approximate surface area is 175 Å². The fourth-order valence-electron chi connectivity index (χ4n) is 2.71. The SMILES string of the molecule is O=C(Cc1csc(SCc2cccc(Cl)c2)n1)NCc1nc2ccccc2[nH]1. The van der Waals surface area contributed by atoms with Crippen molar-refractivity contribution in [1.29, 1.82) is 0 Å². The molecule has 2 N–H and O–H groups in total. The van der Waals surface area contributed by atoms with Crippen molar-refractivity contribution in [2.24, 2.45) is 0 Å². The van der Waals surface area contributed by atoms with Crippen molar-refractivity contribution in [3.8, 4) is 0 Å². The van der Waals surface area contributed by atoms with E-state index < -0.39 is 0 Å². The number of carbonyl (C=O) groups excluding carboxylic acids is 1. The van der Waals surface area contributed by atoms with Crippen LogP contribution in [0.15, 0.2) is 58.3 Å². The zero-order valence-corrected chi connectivity index (χ0v) is 17.2. The van der Waals surface area contributed by atoms with Crippen molar-refractivity contribution < 1.29 is 4.79 Å². The molecule has 142 valence electrons. The molecule has 0 unspecified atom stereocenters. The van der Waals surface area contributed by atoms with Crippen LogP contribution >= 0.6 is 34.7 Å². The van der Waals surface area contributed by atoms with Gasteiger partial charge in [0.05, 0.1) is 29.7 Å². The van der Waals surface area contributed by atoms with Crippen molar-refractivity contribution >= 4 is 51.6 Å². The monoisotopic (exact) mass is 428 g/mol. The van der Waals surface area contributed by atoms with E-state index in [0.29, 0.717) is 6.54 Å². The molecule has 1 amide bonds. The van der Waals surface area contributed by atoms with Gasteiger partial charge in [-0.05, 0) is 29.8 Å². The van der Waals surface area contributed by atoms with Gasteiger partial charge in [-0.2, -0.15) is 0 Å². The molecule has 4 rings (SSSR count). The number of para-hydroxylation sites is 2. The molecule has 0 saturated heterocycles. The first-order valence-electron chi connectivity index (χ1n) is 8.68. The fraction of sp³-hybridized carbons (Fsp3) is 0.150. The zero-order chi connectivity index (χ0) is 19.3. The number of halogens is 1. The van der Waals surface area contributed by atoms with Crippen molar-refractivity contribution in [3.63, 3.8) is 0 Å². The van der Waals surface area contributed by atoms with Gasteiger partial charge in [-0.3, -0.25) is 4.79 Å². The molecular weight excluding hydrogens is 412 g/mol. The molecular formula is C20H17ClN4OS2. The second-order valence-electron chi connectivity index (χ2n) is 6.18. The van der Waals surface area contributed by atoms with Crippen LogP contribution in [0.25, 0.3) is 11.0 Å². The van der Waals surface area contributed by atoms with Gasteiger partial charge in [0.15, 0.2) is 0 Å². The number of nitrogens with zero attached hydrogens (tertiary/aromatic N) is 2. The maximum Gasteiger partial charge on any atom is 0.226 e. The van der Waals surface area contributed by atoms with Gasteiger partial charge >= 0.3 is 0 Å². The Balaban J connectivity index is 1.27. The van der Waals surface area contributed by atoms with Crippen LogP contribution in [0, 0.1) is 0 Å². The fourth-order valence-corrected chi connectivity index (χ4v) is 4.71. The summed E-state index contributed by atoms with van der Waals surface area (Å²) in [7, 11) is 0. The number of thioether (sulfide) groups is 1. The van der Waals surface area contributed by atoms with Gasteiger partial charge < -0.3 is 10.3 Å². The lowest BCUT2D eigenvalue weighted by Gasteiger charge is -2.01. The number of aromatic amines is 1. The number of hydrogen-bond donors (Lipinski definition) is 2. The van der Waals surface area contributed by atoms with Crippen molar-refractivity contribution in [2.75, 3.05) is 0 Å². The van der Waals surface area contributed by atoms with E-state index in [1.54, 1.807) is 23.1 Å². The number of aromatic nitrogens is 3. The van der Waals surface area contributed by atoms with E-state index in [-0.39, 0.29) is 12.3 Å². The van der Waals surface area contributed by atoms with Gasteiger partial charge in [-0.15, -0.1) is 11.3 Å². The molecule has 2 aromatic carbocycles. The number of nitrogens with one attached hydrogen (secondary N) is 2. The molecule has 4 aromatic rings. The van der Waals surface area contributed by atoms with E-state index in [4.69, 9.17) is 11.6 Å². The lowest BCUT2D eigenvalue weighted by Crippen LogP contribution is -2.25. The van der Waals surface area contributed by atoms with E-state index in [9.17, 15) is 4.79 Å². The molecule has 2 aromatic heterocycles. The van der Waals surface area contributed by atoms with Crippen LogP contribution in [0.2, 0.25) is 5.02 Å². The predicted octanol–water partition coefficient (Wildman–Crippen LogP) is 4.82. The van der Waals surface area contributed by atoms with Crippen LogP contribution in [0.3, 0.4) is 0 Å². The Kier molecular flexibility index (Phi) is 5.95. The van der Waals surface area contributed by atoms with E-state index >= 15 is 0 Å². The summed E-state index contributed by atoms with van der Waals surface area (Å²) >= 11 is 9.21. The van der Waals surface area contributed by atoms with Gasteiger partial charge in [-0.25, -0.2) is 9.97 Å². The normalized spacial score (nSPS) is 11.0. The van der Waals surface area contributed by atoms with Crippen LogP contribution in [0.4, 0.5) is 0 Å². The highest BCUT2D eigenvalue weighted by molar-refractivity contribution is 8.00. The molecule has 0 bridgehead atoms. The number of thiazole rings is 1. The Bertz CT molecular complexity index is 1080. The Morgan fingerprint density at radius 1 is 1.18 bits per heavy atom. The molecule has 0 spiro atoms. The average Bonchev–Trinajstić information content (AvgIpc) is 3.31. The maximum absolute atomic E-state index is 12.2. The van der Waals surface area contributed by atoms with Crippen LogP contribution in [-0.2, 0) is 23.5 Å². The van der Waals surface area contributed by atoms with E-state index in [0.717, 1.165) is 43.2 Å². The molecule has 8 heteroatoms. The largest absolute Gasteiger partial charge is 0.349 e. The molecule has 0 saturated carbocycles. The van der Waals surface area contributed by atoms with E-state index in [2.05, 4.69) is 20.3 Å². The van der Waals surface area contributed by atoms with Crippen LogP contribution < -0.4 is 5.32 Å². The average molecular weight is 429 g/mol. The molecule has 28 heavy (non-hydrogen) atoms.